The molecule has 6 nitrogen and oxygen atoms in total. The molecule has 3 rings (SSSR count). The lowest BCUT2D eigenvalue weighted by Crippen LogP contribution is -2.54. The molecular weight excluding hydrogens is 302 g/mol. The fourth-order valence-electron chi connectivity index (χ4n) is 3.72. The van der Waals surface area contributed by atoms with Gasteiger partial charge in [0, 0.05) is 51.5 Å². The van der Waals surface area contributed by atoms with E-state index in [1.807, 2.05) is 19.1 Å². The molecule has 1 unspecified atom stereocenters. The van der Waals surface area contributed by atoms with Gasteiger partial charge in [0.15, 0.2) is 0 Å². The summed E-state index contributed by atoms with van der Waals surface area (Å²) >= 11 is 0. The highest BCUT2D eigenvalue weighted by molar-refractivity contribution is 5.93. The van der Waals surface area contributed by atoms with Crippen molar-refractivity contribution in [2.45, 2.75) is 25.8 Å². The Balaban J connectivity index is 1.53. The highest BCUT2D eigenvalue weighted by Crippen LogP contribution is 2.19. The summed E-state index contributed by atoms with van der Waals surface area (Å²) in [5.74, 6) is 0.922. The highest BCUT2D eigenvalue weighted by Gasteiger charge is 2.27. The fourth-order valence-corrected chi connectivity index (χ4v) is 3.72. The summed E-state index contributed by atoms with van der Waals surface area (Å²) in [5.41, 5.74) is 0.629. The number of nitrogens with one attached hydrogen (secondary N) is 1. The number of hydrogen-bond acceptors (Lipinski definition) is 5. The number of piperidine rings is 1. The first-order valence-electron chi connectivity index (χ1n) is 9.09. The topological polar surface area (TPSA) is 51.7 Å². The molecular formula is C18H29N5O. The number of rotatable bonds is 4. The van der Waals surface area contributed by atoms with Gasteiger partial charge in [-0.3, -0.25) is 9.69 Å². The Labute approximate surface area is 144 Å². The van der Waals surface area contributed by atoms with Crippen molar-refractivity contribution < 1.29 is 4.79 Å². The normalized spacial score (nSPS) is 23.2. The number of hydrogen-bond donors (Lipinski definition) is 1. The summed E-state index contributed by atoms with van der Waals surface area (Å²) in [4.78, 5) is 23.7. The van der Waals surface area contributed by atoms with Crippen LogP contribution in [0, 0.1) is 0 Å². The van der Waals surface area contributed by atoms with Crippen molar-refractivity contribution in [3.8, 4) is 0 Å². The van der Waals surface area contributed by atoms with Crippen molar-refractivity contribution in [2.75, 3.05) is 57.8 Å². The van der Waals surface area contributed by atoms with Gasteiger partial charge in [0.1, 0.15) is 5.82 Å². The summed E-state index contributed by atoms with van der Waals surface area (Å²) in [7, 11) is 2.22. The van der Waals surface area contributed by atoms with Crippen molar-refractivity contribution in [3.05, 3.63) is 23.9 Å². The van der Waals surface area contributed by atoms with Gasteiger partial charge in [0.2, 0.25) is 0 Å². The van der Waals surface area contributed by atoms with Crippen LogP contribution in [0.4, 0.5) is 5.82 Å². The minimum atomic E-state index is -0.0530. The van der Waals surface area contributed by atoms with E-state index in [0.717, 1.165) is 32.0 Å². The number of nitrogens with zero attached hydrogens (tertiary/aromatic N) is 4. The predicted octanol–water partition coefficient (Wildman–Crippen LogP) is 1.05. The van der Waals surface area contributed by atoms with Gasteiger partial charge in [-0.1, -0.05) is 0 Å². The lowest BCUT2D eigenvalue weighted by Gasteiger charge is -2.43. The summed E-state index contributed by atoms with van der Waals surface area (Å²) < 4.78 is 0. The smallest absolute Gasteiger partial charge is 0.252 e. The molecule has 0 bridgehead atoms. The molecule has 3 heterocycles. The summed E-state index contributed by atoms with van der Waals surface area (Å²) in [5, 5.41) is 2.80. The van der Waals surface area contributed by atoms with E-state index in [0.29, 0.717) is 18.2 Å². The van der Waals surface area contributed by atoms with E-state index in [2.05, 4.69) is 32.0 Å². The average molecular weight is 331 g/mol. The first-order chi connectivity index (χ1) is 11.7. The molecule has 2 saturated heterocycles. The van der Waals surface area contributed by atoms with E-state index >= 15 is 0 Å². The Bertz CT molecular complexity index is 539. The van der Waals surface area contributed by atoms with E-state index in [9.17, 15) is 4.79 Å². The summed E-state index contributed by atoms with van der Waals surface area (Å²) in [6.07, 6.45) is 4.32. The maximum atomic E-state index is 11.8. The second-order valence-corrected chi connectivity index (χ2v) is 6.85. The number of carbonyl (C=O) groups excluding carboxylic acids is 1. The molecule has 6 heteroatoms. The van der Waals surface area contributed by atoms with Gasteiger partial charge in [0.25, 0.3) is 5.91 Å². The van der Waals surface area contributed by atoms with Crippen LogP contribution in [-0.2, 0) is 0 Å². The lowest BCUT2D eigenvalue weighted by atomic mass is 10.0. The molecule has 2 aliphatic heterocycles. The van der Waals surface area contributed by atoms with Crippen LogP contribution in [0.25, 0.3) is 0 Å². The molecule has 1 aromatic rings. The molecule has 2 fully saturated rings. The van der Waals surface area contributed by atoms with Crippen LogP contribution in [0.5, 0.6) is 0 Å². The second kappa shape index (κ2) is 7.94. The third kappa shape index (κ3) is 4.05. The molecule has 1 amide bonds. The zero-order chi connectivity index (χ0) is 16.9. The molecule has 0 spiro atoms. The first-order valence-corrected chi connectivity index (χ1v) is 9.09. The third-order valence-electron chi connectivity index (χ3n) is 5.10. The number of likely N-dealkylation sites (N-methyl/N-ethyl adjacent to an activating group) is 1. The Morgan fingerprint density at radius 3 is 2.67 bits per heavy atom. The van der Waals surface area contributed by atoms with Gasteiger partial charge in [-0.05, 0) is 45.5 Å². The number of carbonyl (C=O) groups is 1. The molecule has 0 radical (unpaired) electrons. The largest absolute Gasteiger partial charge is 0.354 e. The van der Waals surface area contributed by atoms with Crippen molar-refractivity contribution in [1.29, 1.82) is 0 Å². The maximum absolute atomic E-state index is 11.8. The van der Waals surface area contributed by atoms with Crippen LogP contribution in [-0.4, -0.2) is 79.6 Å². The molecule has 0 aliphatic carbocycles. The van der Waals surface area contributed by atoms with E-state index in [1.54, 1.807) is 6.20 Å². The van der Waals surface area contributed by atoms with Crippen LogP contribution in [0.2, 0.25) is 0 Å². The number of pyridine rings is 1. The Morgan fingerprint density at radius 1 is 1.25 bits per heavy atom. The lowest BCUT2D eigenvalue weighted by molar-refractivity contribution is 0.0955. The molecule has 0 aromatic carbocycles. The molecule has 1 atom stereocenters. The Morgan fingerprint density at radius 2 is 2.04 bits per heavy atom. The van der Waals surface area contributed by atoms with Crippen LogP contribution < -0.4 is 10.2 Å². The molecule has 132 valence electrons. The standard InChI is InChI=1S/C18H29N5O/c1-3-19-18(24)15-6-7-17(20-13-15)23-11-9-22(10-12-23)16-5-4-8-21(2)14-16/h6-7,13,16H,3-5,8-12,14H2,1-2H3,(H,19,24). The van der Waals surface area contributed by atoms with Crippen LogP contribution in [0.1, 0.15) is 30.1 Å². The van der Waals surface area contributed by atoms with Gasteiger partial charge < -0.3 is 15.1 Å². The molecule has 24 heavy (non-hydrogen) atoms. The van der Waals surface area contributed by atoms with Gasteiger partial charge in [-0.25, -0.2) is 4.98 Å². The van der Waals surface area contributed by atoms with E-state index in [-0.39, 0.29) is 5.91 Å². The first kappa shape index (κ1) is 17.2. The van der Waals surface area contributed by atoms with E-state index < -0.39 is 0 Å². The molecule has 1 N–H and O–H groups in total. The quantitative estimate of drug-likeness (QED) is 0.894. The minimum Gasteiger partial charge on any atom is -0.354 e. The number of piperazine rings is 1. The molecule has 1 aromatic heterocycles. The van der Waals surface area contributed by atoms with Gasteiger partial charge in [0.05, 0.1) is 5.56 Å². The molecule has 0 saturated carbocycles. The van der Waals surface area contributed by atoms with E-state index in [4.69, 9.17) is 0 Å². The predicted molar refractivity (Wildman–Crippen MR) is 96.5 cm³/mol. The zero-order valence-electron chi connectivity index (χ0n) is 14.9. The zero-order valence-corrected chi connectivity index (χ0v) is 14.9. The number of anilines is 1. The number of amides is 1. The van der Waals surface area contributed by atoms with Crippen LogP contribution in [0.3, 0.4) is 0 Å². The van der Waals surface area contributed by atoms with Gasteiger partial charge >= 0.3 is 0 Å². The van der Waals surface area contributed by atoms with Gasteiger partial charge in [-0.2, -0.15) is 0 Å². The van der Waals surface area contributed by atoms with Crippen LogP contribution >= 0.6 is 0 Å². The van der Waals surface area contributed by atoms with Crippen molar-refractivity contribution >= 4 is 11.7 Å². The van der Waals surface area contributed by atoms with E-state index in [1.165, 1.54) is 25.9 Å². The average Bonchev–Trinajstić information content (AvgIpc) is 2.62. The Hall–Kier alpha value is -1.66. The maximum Gasteiger partial charge on any atom is 0.252 e. The summed E-state index contributed by atoms with van der Waals surface area (Å²) in [6, 6.07) is 4.55. The van der Waals surface area contributed by atoms with Crippen molar-refractivity contribution in [3.63, 3.8) is 0 Å². The molecule has 2 aliphatic rings. The van der Waals surface area contributed by atoms with Crippen molar-refractivity contribution in [2.24, 2.45) is 0 Å². The Kier molecular flexibility index (Phi) is 5.68. The van der Waals surface area contributed by atoms with Gasteiger partial charge in [-0.15, -0.1) is 0 Å². The number of likely N-dealkylation sites (tertiary alicyclic amines) is 1. The third-order valence-corrected chi connectivity index (χ3v) is 5.10. The van der Waals surface area contributed by atoms with Crippen molar-refractivity contribution in [1.82, 2.24) is 20.1 Å². The van der Waals surface area contributed by atoms with Crippen LogP contribution in [0.15, 0.2) is 18.3 Å². The SMILES string of the molecule is CCNC(=O)c1ccc(N2CCN(C3CCCN(C)C3)CC2)nc1. The second-order valence-electron chi connectivity index (χ2n) is 6.85. The minimum absolute atomic E-state index is 0.0530. The summed E-state index contributed by atoms with van der Waals surface area (Å²) in [6.45, 7) is 9.19. The fraction of sp³-hybridized carbons (Fsp3) is 0.667. The number of aromatic nitrogens is 1. The highest BCUT2D eigenvalue weighted by atomic mass is 16.1. The monoisotopic (exact) mass is 331 g/mol.